The number of benzene rings is 1. The van der Waals surface area contributed by atoms with Gasteiger partial charge >= 0.3 is 0 Å². The van der Waals surface area contributed by atoms with Gasteiger partial charge in [-0.15, -0.1) is 0 Å². The molecule has 2 aromatic rings. The summed E-state index contributed by atoms with van der Waals surface area (Å²) in [6.45, 7) is 10.5. The predicted molar refractivity (Wildman–Crippen MR) is 91.7 cm³/mol. The summed E-state index contributed by atoms with van der Waals surface area (Å²) in [6, 6.07) is 10.8. The molecule has 21 heavy (non-hydrogen) atoms. The van der Waals surface area contributed by atoms with Crippen LogP contribution in [-0.2, 0) is 0 Å². The molecule has 2 rings (SSSR count). The molecule has 0 aliphatic carbocycles. The van der Waals surface area contributed by atoms with Gasteiger partial charge in [-0.2, -0.15) is 5.10 Å². The number of aromatic nitrogens is 2. The van der Waals surface area contributed by atoms with Gasteiger partial charge < -0.3 is 5.32 Å². The summed E-state index contributed by atoms with van der Waals surface area (Å²) in [6.07, 6.45) is 0. The number of nitrogens with one attached hydrogen (secondary N) is 1. The van der Waals surface area contributed by atoms with Crippen molar-refractivity contribution in [3.63, 3.8) is 0 Å². The third-order valence-corrected chi connectivity index (χ3v) is 4.75. The summed E-state index contributed by atoms with van der Waals surface area (Å²) in [4.78, 5) is 0. The summed E-state index contributed by atoms with van der Waals surface area (Å²) in [5, 5.41) is 8.28. The van der Waals surface area contributed by atoms with Crippen LogP contribution < -0.4 is 5.32 Å². The minimum Gasteiger partial charge on any atom is -0.314 e. The highest BCUT2D eigenvalue weighted by Crippen LogP contribution is 2.26. The highest BCUT2D eigenvalue weighted by molar-refractivity contribution is 9.10. The number of aryl methyl sites for hydroxylation is 1. The van der Waals surface area contributed by atoms with E-state index in [1.807, 2.05) is 6.92 Å². The van der Waals surface area contributed by atoms with E-state index in [1.165, 1.54) is 11.3 Å². The first-order chi connectivity index (χ1) is 10.0. The van der Waals surface area contributed by atoms with E-state index in [0.717, 1.165) is 23.3 Å². The monoisotopic (exact) mass is 349 g/mol. The first kappa shape index (κ1) is 16.2. The lowest BCUT2D eigenvalue weighted by Crippen LogP contribution is -2.30. The van der Waals surface area contributed by atoms with Crippen molar-refractivity contribution in [1.29, 1.82) is 0 Å². The van der Waals surface area contributed by atoms with Crippen LogP contribution in [0.2, 0.25) is 0 Å². The smallest absolute Gasteiger partial charge is 0.0896 e. The van der Waals surface area contributed by atoms with Crippen LogP contribution in [0.4, 0.5) is 0 Å². The maximum Gasteiger partial charge on any atom is 0.0896 e. The quantitative estimate of drug-likeness (QED) is 0.850. The van der Waals surface area contributed by atoms with Gasteiger partial charge in [-0.25, -0.2) is 0 Å². The summed E-state index contributed by atoms with van der Waals surface area (Å²) < 4.78 is 3.23. The lowest BCUT2D eigenvalue weighted by Gasteiger charge is -2.21. The van der Waals surface area contributed by atoms with E-state index < -0.39 is 0 Å². The average Bonchev–Trinajstić information content (AvgIpc) is 2.72. The molecule has 0 fully saturated rings. The number of nitrogens with zero attached hydrogens (tertiary/aromatic N) is 2. The van der Waals surface area contributed by atoms with Crippen molar-refractivity contribution in [2.45, 2.75) is 33.7 Å². The van der Waals surface area contributed by atoms with Crippen molar-refractivity contribution in [3.05, 3.63) is 51.8 Å². The fraction of sp³-hybridized carbons (Fsp3) is 0.471. The molecule has 3 nitrogen and oxygen atoms in total. The molecule has 0 saturated carbocycles. The fourth-order valence-electron chi connectivity index (χ4n) is 2.48. The van der Waals surface area contributed by atoms with Crippen molar-refractivity contribution in [1.82, 2.24) is 15.1 Å². The Morgan fingerprint density at radius 3 is 2.33 bits per heavy atom. The van der Waals surface area contributed by atoms with Gasteiger partial charge in [0.15, 0.2) is 0 Å². The molecule has 1 atom stereocenters. The minimum atomic E-state index is 0.218. The third kappa shape index (κ3) is 3.95. The lowest BCUT2D eigenvalue weighted by atomic mass is 10.1. The van der Waals surface area contributed by atoms with Crippen molar-refractivity contribution >= 4 is 15.9 Å². The van der Waals surface area contributed by atoms with Gasteiger partial charge in [0.2, 0.25) is 0 Å². The van der Waals surface area contributed by atoms with E-state index in [0.29, 0.717) is 5.92 Å². The molecule has 0 aliphatic heterocycles. The Balaban J connectivity index is 2.29. The van der Waals surface area contributed by atoms with Crippen molar-refractivity contribution < 1.29 is 0 Å². The van der Waals surface area contributed by atoms with Gasteiger partial charge in [0.1, 0.15) is 0 Å². The molecule has 0 bridgehead atoms. The van der Waals surface area contributed by atoms with E-state index in [9.17, 15) is 0 Å². The number of rotatable bonds is 6. The van der Waals surface area contributed by atoms with E-state index in [-0.39, 0.29) is 6.04 Å². The maximum atomic E-state index is 4.71. The molecule has 1 unspecified atom stereocenters. The van der Waals surface area contributed by atoms with Gasteiger partial charge in [0.05, 0.1) is 21.9 Å². The number of halogens is 1. The molecule has 4 heteroatoms. The Morgan fingerprint density at radius 2 is 1.81 bits per heavy atom. The second kappa shape index (κ2) is 7.23. The van der Waals surface area contributed by atoms with Crippen molar-refractivity contribution in [2.24, 2.45) is 5.92 Å². The lowest BCUT2D eigenvalue weighted by molar-refractivity contribution is 0.448. The van der Waals surface area contributed by atoms with E-state index in [1.54, 1.807) is 0 Å². The molecule has 114 valence electrons. The van der Waals surface area contributed by atoms with E-state index >= 15 is 0 Å². The molecule has 1 aromatic carbocycles. The predicted octanol–water partition coefficient (Wildman–Crippen LogP) is 4.10. The van der Waals surface area contributed by atoms with Crippen LogP contribution in [0, 0.1) is 19.8 Å². The van der Waals surface area contributed by atoms with Gasteiger partial charge in [0.25, 0.3) is 0 Å². The van der Waals surface area contributed by atoms with Gasteiger partial charge in [-0.05, 0) is 47.8 Å². The molecule has 0 saturated heterocycles. The summed E-state index contributed by atoms with van der Waals surface area (Å²) in [5.74, 6) is 0.647. The van der Waals surface area contributed by atoms with Crippen LogP contribution in [-0.4, -0.2) is 22.9 Å². The van der Waals surface area contributed by atoms with Crippen LogP contribution in [0.1, 0.15) is 36.8 Å². The van der Waals surface area contributed by atoms with Crippen LogP contribution in [0.15, 0.2) is 34.8 Å². The molecular formula is C17H24BrN3. The largest absolute Gasteiger partial charge is 0.314 e. The first-order valence-corrected chi connectivity index (χ1v) is 8.27. The molecule has 1 heterocycles. The topological polar surface area (TPSA) is 29.9 Å². The fourth-order valence-corrected chi connectivity index (χ4v) is 2.74. The Kier molecular flexibility index (Phi) is 5.59. The molecule has 0 radical (unpaired) electrons. The Morgan fingerprint density at radius 1 is 1.14 bits per heavy atom. The molecule has 0 aliphatic rings. The highest BCUT2D eigenvalue weighted by atomic mass is 79.9. The van der Waals surface area contributed by atoms with Gasteiger partial charge in [0, 0.05) is 6.54 Å². The minimum absolute atomic E-state index is 0.218. The molecule has 1 aromatic heterocycles. The van der Waals surface area contributed by atoms with Crippen molar-refractivity contribution in [2.75, 3.05) is 13.1 Å². The van der Waals surface area contributed by atoms with E-state index in [2.05, 4.69) is 77.0 Å². The SMILES string of the molecule is Cc1nn(C(CNCC(C)C)c2ccccc2)c(C)c1Br. The second-order valence-electron chi connectivity index (χ2n) is 5.91. The van der Waals surface area contributed by atoms with Crippen LogP contribution in [0.5, 0.6) is 0 Å². The van der Waals surface area contributed by atoms with E-state index in [4.69, 9.17) is 5.10 Å². The first-order valence-electron chi connectivity index (χ1n) is 7.47. The Hall–Kier alpha value is -1.13. The molecule has 0 spiro atoms. The summed E-state index contributed by atoms with van der Waals surface area (Å²) in [5.41, 5.74) is 3.50. The standard InChI is InChI=1S/C17H24BrN3/c1-12(2)10-19-11-16(15-8-6-5-7-9-15)21-14(4)17(18)13(3)20-21/h5-9,12,16,19H,10-11H2,1-4H3. The third-order valence-electron chi connectivity index (χ3n) is 3.61. The normalized spacial score (nSPS) is 12.9. The summed E-state index contributed by atoms with van der Waals surface area (Å²) >= 11 is 3.63. The van der Waals surface area contributed by atoms with Crippen LogP contribution in [0.25, 0.3) is 0 Å². The highest BCUT2D eigenvalue weighted by Gasteiger charge is 2.19. The maximum absolute atomic E-state index is 4.71. The molecule has 1 N–H and O–H groups in total. The molecule has 0 amide bonds. The zero-order chi connectivity index (χ0) is 15.4. The van der Waals surface area contributed by atoms with Crippen molar-refractivity contribution in [3.8, 4) is 0 Å². The zero-order valence-electron chi connectivity index (χ0n) is 13.2. The summed E-state index contributed by atoms with van der Waals surface area (Å²) in [7, 11) is 0. The van der Waals surface area contributed by atoms with Gasteiger partial charge in [-0.3, -0.25) is 4.68 Å². The van der Waals surface area contributed by atoms with Crippen LogP contribution in [0.3, 0.4) is 0 Å². The average molecular weight is 350 g/mol. The number of hydrogen-bond acceptors (Lipinski definition) is 2. The zero-order valence-corrected chi connectivity index (χ0v) is 14.8. The molecular weight excluding hydrogens is 326 g/mol. The Labute approximate surface area is 135 Å². The number of hydrogen-bond donors (Lipinski definition) is 1. The Bertz CT molecular complexity index is 575. The van der Waals surface area contributed by atoms with Gasteiger partial charge in [-0.1, -0.05) is 44.2 Å². The second-order valence-corrected chi connectivity index (χ2v) is 6.70. The van der Waals surface area contributed by atoms with Crippen LogP contribution >= 0.6 is 15.9 Å².